The van der Waals surface area contributed by atoms with Gasteiger partial charge in [0.15, 0.2) is 5.75 Å². The topological polar surface area (TPSA) is 47.1 Å². The molecule has 0 saturated heterocycles. The smallest absolute Gasteiger partial charge is 0.151 e. The SMILES string of the molecule is COc1c(Br)cc(-c2nc3ccc(C)cc3[nH]2)c(OC)c1Br. The maximum Gasteiger partial charge on any atom is 0.151 e. The summed E-state index contributed by atoms with van der Waals surface area (Å²) in [6.07, 6.45) is 0. The summed E-state index contributed by atoms with van der Waals surface area (Å²) in [6, 6.07) is 8.06. The van der Waals surface area contributed by atoms with E-state index in [1.807, 2.05) is 18.2 Å². The second-order valence-corrected chi connectivity index (χ2v) is 6.54. The van der Waals surface area contributed by atoms with Crippen molar-refractivity contribution in [2.24, 2.45) is 0 Å². The van der Waals surface area contributed by atoms with E-state index in [1.54, 1.807) is 14.2 Å². The summed E-state index contributed by atoms with van der Waals surface area (Å²) in [7, 11) is 3.25. The van der Waals surface area contributed by atoms with Crippen molar-refractivity contribution in [3.63, 3.8) is 0 Å². The van der Waals surface area contributed by atoms with Crippen molar-refractivity contribution in [2.75, 3.05) is 14.2 Å². The molecular formula is C16H14Br2N2O2. The number of benzene rings is 2. The van der Waals surface area contributed by atoms with E-state index in [0.29, 0.717) is 11.5 Å². The van der Waals surface area contributed by atoms with Crippen LogP contribution >= 0.6 is 31.9 Å². The van der Waals surface area contributed by atoms with E-state index in [0.717, 1.165) is 31.4 Å². The number of rotatable bonds is 3. The lowest BCUT2D eigenvalue weighted by Gasteiger charge is -2.13. The predicted octanol–water partition coefficient (Wildman–Crippen LogP) is 5.08. The number of nitrogens with zero attached hydrogens (tertiary/aromatic N) is 1. The Balaban J connectivity index is 2.25. The predicted molar refractivity (Wildman–Crippen MR) is 94.8 cm³/mol. The van der Waals surface area contributed by atoms with Crippen LogP contribution in [0.3, 0.4) is 0 Å². The maximum absolute atomic E-state index is 5.54. The molecule has 3 aromatic rings. The molecular weight excluding hydrogens is 412 g/mol. The monoisotopic (exact) mass is 424 g/mol. The van der Waals surface area contributed by atoms with Gasteiger partial charge in [-0.05, 0) is 62.5 Å². The Morgan fingerprint density at radius 1 is 1.05 bits per heavy atom. The average molecular weight is 426 g/mol. The summed E-state index contributed by atoms with van der Waals surface area (Å²) < 4.78 is 12.5. The zero-order valence-electron chi connectivity index (χ0n) is 12.3. The van der Waals surface area contributed by atoms with Gasteiger partial charge >= 0.3 is 0 Å². The van der Waals surface area contributed by atoms with Crippen LogP contribution in [0.25, 0.3) is 22.4 Å². The number of methoxy groups -OCH3 is 2. The lowest BCUT2D eigenvalue weighted by molar-refractivity contribution is 0.388. The molecule has 0 fully saturated rings. The highest BCUT2D eigenvalue weighted by Gasteiger charge is 2.20. The second-order valence-electron chi connectivity index (χ2n) is 4.89. The normalized spacial score (nSPS) is 11.0. The van der Waals surface area contributed by atoms with Crippen LogP contribution in [-0.4, -0.2) is 24.2 Å². The molecule has 0 aliphatic rings. The Labute approximate surface area is 145 Å². The van der Waals surface area contributed by atoms with Crippen molar-refractivity contribution >= 4 is 42.9 Å². The number of aromatic nitrogens is 2. The minimum absolute atomic E-state index is 0.677. The highest BCUT2D eigenvalue weighted by molar-refractivity contribution is 9.11. The molecule has 114 valence electrons. The third kappa shape index (κ3) is 2.50. The Hall–Kier alpha value is -1.53. The van der Waals surface area contributed by atoms with Gasteiger partial charge in [-0.3, -0.25) is 0 Å². The van der Waals surface area contributed by atoms with Crippen LogP contribution in [0.5, 0.6) is 11.5 Å². The van der Waals surface area contributed by atoms with E-state index in [1.165, 1.54) is 5.56 Å². The molecule has 4 nitrogen and oxygen atoms in total. The number of hydrogen-bond donors (Lipinski definition) is 1. The number of H-pyrrole nitrogens is 1. The largest absolute Gasteiger partial charge is 0.495 e. The zero-order valence-corrected chi connectivity index (χ0v) is 15.5. The first-order chi connectivity index (χ1) is 10.5. The summed E-state index contributed by atoms with van der Waals surface area (Å²) in [5, 5.41) is 0. The molecule has 1 aromatic heterocycles. The molecule has 0 radical (unpaired) electrons. The molecule has 3 rings (SSSR count). The zero-order chi connectivity index (χ0) is 15.9. The van der Waals surface area contributed by atoms with Gasteiger partial charge in [0.05, 0.1) is 35.3 Å². The first-order valence-electron chi connectivity index (χ1n) is 6.62. The average Bonchev–Trinajstić information content (AvgIpc) is 2.90. The summed E-state index contributed by atoms with van der Waals surface area (Å²) >= 11 is 7.06. The Morgan fingerprint density at radius 2 is 1.77 bits per heavy atom. The summed E-state index contributed by atoms with van der Waals surface area (Å²) in [4.78, 5) is 8.00. The van der Waals surface area contributed by atoms with Gasteiger partial charge in [0.25, 0.3) is 0 Å². The first-order valence-corrected chi connectivity index (χ1v) is 8.20. The molecule has 2 aromatic carbocycles. The van der Waals surface area contributed by atoms with Crippen LogP contribution in [0.2, 0.25) is 0 Å². The molecule has 0 bridgehead atoms. The Kier molecular flexibility index (Phi) is 4.14. The Bertz CT molecular complexity index is 859. The van der Waals surface area contributed by atoms with E-state index in [2.05, 4.69) is 54.8 Å². The number of aryl methyl sites for hydroxylation is 1. The molecule has 0 amide bonds. The molecule has 1 heterocycles. The second kappa shape index (κ2) is 5.93. The molecule has 0 spiro atoms. The van der Waals surface area contributed by atoms with Gasteiger partial charge in [0.2, 0.25) is 0 Å². The molecule has 0 unspecified atom stereocenters. The van der Waals surface area contributed by atoms with Gasteiger partial charge < -0.3 is 14.5 Å². The third-order valence-corrected chi connectivity index (χ3v) is 4.74. The van der Waals surface area contributed by atoms with Crippen LogP contribution in [0.1, 0.15) is 5.56 Å². The fourth-order valence-corrected chi connectivity index (χ4v) is 4.00. The number of fused-ring (bicyclic) bond motifs is 1. The number of hydrogen-bond acceptors (Lipinski definition) is 3. The van der Waals surface area contributed by atoms with Gasteiger partial charge in [-0.1, -0.05) is 6.07 Å². The minimum atomic E-state index is 0.677. The highest BCUT2D eigenvalue weighted by Crippen LogP contribution is 2.46. The van der Waals surface area contributed by atoms with E-state index in [-0.39, 0.29) is 0 Å². The van der Waals surface area contributed by atoms with Crippen LogP contribution in [0, 0.1) is 6.92 Å². The van der Waals surface area contributed by atoms with Crippen molar-refractivity contribution in [3.8, 4) is 22.9 Å². The highest BCUT2D eigenvalue weighted by atomic mass is 79.9. The van der Waals surface area contributed by atoms with Crippen LogP contribution in [-0.2, 0) is 0 Å². The van der Waals surface area contributed by atoms with Gasteiger partial charge in [-0.15, -0.1) is 0 Å². The first kappa shape index (κ1) is 15.4. The fraction of sp³-hybridized carbons (Fsp3) is 0.188. The third-order valence-electron chi connectivity index (χ3n) is 3.43. The van der Waals surface area contributed by atoms with Crippen LogP contribution in [0.15, 0.2) is 33.2 Å². The number of nitrogens with one attached hydrogen (secondary N) is 1. The standard InChI is InChI=1S/C16H14Br2N2O2/c1-8-4-5-11-12(6-8)20-16(19-11)9-7-10(17)15(22-3)13(18)14(9)21-2/h4-7H,1-3H3,(H,19,20). The van der Waals surface area contributed by atoms with E-state index in [9.17, 15) is 0 Å². The molecule has 22 heavy (non-hydrogen) atoms. The van der Waals surface area contributed by atoms with Gasteiger partial charge in [-0.25, -0.2) is 4.98 Å². The molecule has 6 heteroatoms. The van der Waals surface area contributed by atoms with Crippen molar-refractivity contribution in [1.82, 2.24) is 9.97 Å². The van der Waals surface area contributed by atoms with Crippen molar-refractivity contribution in [3.05, 3.63) is 38.8 Å². The summed E-state index contributed by atoms with van der Waals surface area (Å²) in [5.74, 6) is 2.12. The number of imidazole rings is 1. The molecule has 1 N–H and O–H groups in total. The quantitative estimate of drug-likeness (QED) is 0.636. The van der Waals surface area contributed by atoms with E-state index < -0.39 is 0 Å². The van der Waals surface area contributed by atoms with Crippen molar-refractivity contribution in [2.45, 2.75) is 6.92 Å². The molecule has 0 aliphatic heterocycles. The summed E-state index contributed by atoms with van der Waals surface area (Å²) in [6.45, 7) is 2.06. The number of aromatic amines is 1. The van der Waals surface area contributed by atoms with Crippen molar-refractivity contribution in [1.29, 1.82) is 0 Å². The Morgan fingerprint density at radius 3 is 2.45 bits per heavy atom. The fourth-order valence-electron chi connectivity index (χ4n) is 2.40. The maximum atomic E-state index is 5.54. The van der Waals surface area contributed by atoms with E-state index in [4.69, 9.17) is 9.47 Å². The van der Waals surface area contributed by atoms with E-state index >= 15 is 0 Å². The minimum Gasteiger partial charge on any atom is -0.495 e. The van der Waals surface area contributed by atoms with Crippen LogP contribution < -0.4 is 9.47 Å². The summed E-state index contributed by atoms with van der Waals surface area (Å²) in [5.41, 5.74) is 3.97. The number of ether oxygens (including phenoxy) is 2. The molecule has 0 aliphatic carbocycles. The molecule has 0 saturated carbocycles. The van der Waals surface area contributed by atoms with Crippen molar-refractivity contribution < 1.29 is 9.47 Å². The van der Waals surface area contributed by atoms with Gasteiger partial charge in [0, 0.05) is 0 Å². The number of halogens is 2. The van der Waals surface area contributed by atoms with Gasteiger partial charge in [0.1, 0.15) is 16.0 Å². The lowest BCUT2D eigenvalue weighted by Crippen LogP contribution is -1.95. The van der Waals surface area contributed by atoms with Crippen LogP contribution in [0.4, 0.5) is 0 Å². The lowest BCUT2D eigenvalue weighted by atomic mass is 10.2. The molecule has 0 atom stereocenters. The van der Waals surface area contributed by atoms with Gasteiger partial charge in [-0.2, -0.15) is 0 Å².